The molecule has 0 heterocycles. The zero-order chi connectivity index (χ0) is 13.5. The van der Waals surface area contributed by atoms with Crippen LogP contribution in [0.5, 0.6) is 0 Å². The predicted molar refractivity (Wildman–Crippen MR) is 81.4 cm³/mol. The van der Waals surface area contributed by atoms with Gasteiger partial charge in [-0.15, -0.1) is 0 Å². The monoisotopic (exact) mass is 334 g/mol. The van der Waals surface area contributed by atoms with Gasteiger partial charge in [0.15, 0.2) is 0 Å². The number of aliphatic hydroxyl groups is 1. The molecule has 1 aromatic rings. The Morgan fingerprint density at radius 2 is 2.06 bits per heavy atom. The van der Waals surface area contributed by atoms with E-state index in [1.807, 2.05) is 18.2 Å². The highest BCUT2D eigenvalue weighted by Gasteiger charge is 2.09. The Bertz CT molecular complexity index is 372. The van der Waals surface area contributed by atoms with Gasteiger partial charge in [-0.1, -0.05) is 41.4 Å². The third-order valence-electron chi connectivity index (χ3n) is 2.82. The summed E-state index contributed by atoms with van der Waals surface area (Å²) in [5.41, 5.74) is 0.838. The minimum absolute atomic E-state index is 0.403. The fraction of sp³-hybridized carbons (Fsp3) is 0.538. The molecular weight excluding hydrogens is 316 g/mol. The van der Waals surface area contributed by atoms with Crippen LogP contribution in [-0.2, 0) is 0 Å². The van der Waals surface area contributed by atoms with Crippen LogP contribution in [0.2, 0.25) is 5.02 Å². The van der Waals surface area contributed by atoms with E-state index < -0.39 is 6.10 Å². The van der Waals surface area contributed by atoms with Gasteiger partial charge in [-0.25, -0.2) is 0 Å². The Labute approximate surface area is 122 Å². The van der Waals surface area contributed by atoms with E-state index in [9.17, 15) is 5.11 Å². The van der Waals surface area contributed by atoms with Crippen molar-refractivity contribution >= 4 is 33.2 Å². The van der Waals surface area contributed by atoms with E-state index in [1.165, 1.54) is 0 Å². The molecule has 0 aliphatic heterocycles. The summed E-state index contributed by atoms with van der Waals surface area (Å²) in [6.07, 6.45) is -0.403. The van der Waals surface area contributed by atoms with E-state index in [0.29, 0.717) is 18.1 Å². The van der Waals surface area contributed by atoms with Gasteiger partial charge in [0.2, 0.25) is 0 Å². The quantitative estimate of drug-likeness (QED) is 0.803. The number of halogens is 2. The van der Waals surface area contributed by atoms with Crippen LogP contribution in [0.1, 0.15) is 13.8 Å². The van der Waals surface area contributed by atoms with Crippen LogP contribution in [0, 0.1) is 0 Å². The molecule has 0 amide bonds. The molecule has 0 radical (unpaired) electrons. The summed E-state index contributed by atoms with van der Waals surface area (Å²) in [4.78, 5) is 2.19. The van der Waals surface area contributed by atoms with Crippen LogP contribution in [0.4, 0.5) is 5.69 Å². The lowest BCUT2D eigenvalue weighted by Crippen LogP contribution is -2.35. The van der Waals surface area contributed by atoms with Gasteiger partial charge in [0.05, 0.1) is 16.8 Å². The number of nitrogens with one attached hydrogen (secondary N) is 1. The standard InChI is InChI=1S/C13H20BrClN2O/c1-3-17(4-2)9-11(18)8-16-13-7-10(14)5-6-12(13)15/h5-7,11,16,18H,3-4,8-9H2,1-2H3. The number of hydrogen-bond acceptors (Lipinski definition) is 3. The van der Waals surface area contributed by atoms with Gasteiger partial charge in [-0.3, -0.25) is 0 Å². The summed E-state index contributed by atoms with van der Waals surface area (Å²) in [6.45, 7) is 7.25. The normalized spacial score (nSPS) is 12.8. The molecule has 1 rings (SSSR count). The summed E-state index contributed by atoms with van der Waals surface area (Å²) in [6, 6.07) is 5.62. The summed E-state index contributed by atoms with van der Waals surface area (Å²) >= 11 is 9.46. The van der Waals surface area contributed by atoms with Gasteiger partial charge in [-0.05, 0) is 31.3 Å². The largest absolute Gasteiger partial charge is 0.390 e. The van der Waals surface area contributed by atoms with E-state index in [-0.39, 0.29) is 0 Å². The van der Waals surface area contributed by atoms with Crippen LogP contribution in [0.25, 0.3) is 0 Å². The number of likely N-dealkylation sites (N-methyl/N-ethyl adjacent to an activating group) is 1. The lowest BCUT2D eigenvalue weighted by atomic mass is 10.2. The van der Waals surface area contributed by atoms with Crippen molar-refractivity contribution in [1.82, 2.24) is 4.90 Å². The number of nitrogens with zero attached hydrogens (tertiary/aromatic N) is 1. The number of aliphatic hydroxyl groups excluding tert-OH is 1. The highest BCUT2D eigenvalue weighted by Crippen LogP contribution is 2.25. The molecule has 0 spiro atoms. The zero-order valence-corrected chi connectivity index (χ0v) is 13.1. The van der Waals surface area contributed by atoms with E-state index in [4.69, 9.17) is 11.6 Å². The average molecular weight is 336 g/mol. The van der Waals surface area contributed by atoms with Crippen LogP contribution < -0.4 is 5.32 Å². The van der Waals surface area contributed by atoms with E-state index in [0.717, 1.165) is 23.2 Å². The van der Waals surface area contributed by atoms with Crippen molar-refractivity contribution in [2.45, 2.75) is 20.0 Å². The van der Waals surface area contributed by atoms with Crippen molar-refractivity contribution in [3.05, 3.63) is 27.7 Å². The molecule has 2 N–H and O–H groups in total. The first kappa shape index (κ1) is 15.8. The molecule has 1 atom stereocenters. The van der Waals surface area contributed by atoms with Crippen molar-refractivity contribution in [3.8, 4) is 0 Å². The van der Waals surface area contributed by atoms with Crippen molar-refractivity contribution in [2.75, 3.05) is 31.5 Å². The van der Waals surface area contributed by atoms with Crippen LogP contribution in [-0.4, -0.2) is 42.3 Å². The second-order valence-electron chi connectivity index (χ2n) is 4.14. The van der Waals surface area contributed by atoms with Gasteiger partial charge in [0.1, 0.15) is 0 Å². The number of benzene rings is 1. The maximum absolute atomic E-state index is 9.94. The van der Waals surface area contributed by atoms with Gasteiger partial charge in [0.25, 0.3) is 0 Å². The predicted octanol–water partition coefficient (Wildman–Crippen LogP) is 3.22. The highest BCUT2D eigenvalue weighted by molar-refractivity contribution is 9.10. The Balaban J connectivity index is 2.46. The fourth-order valence-corrected chi connectivity index (χ4v) is 2.25. The Morgan fingerprint density at radius 3 is 2.67 bits per heavy atom. The van der Waals surface area contributed by atoms with Crippen molar-refractivity contribution in [1.29, 1.82) is 0 Å². The van der Waals surface area contributed by atoms with Crippen LogP contribution in [0.3, 0.4) is 0 Å². The van der Waals surface area contributed by atoms with Gasteiger partial charge >= 0.3 is 0 Å². The molecule has 5 heteroatoms. The lowest BCUT2D eigenvalue weighted by molar-refractivity contribution is 0.128. The second-order valence-corrected chi connectivity index (χ2v) is 5.47. The Morgan fingerprint density at radius 1 is 1.39 bits per heavy atom. The lowest BCUT2D eigenvalue weighted by Gasteiger charge is -2.22. The Kier molecular flexibility index (Phi) is 7.00. The van der Waals surface area contributed by atoms with Gasteiger partial charge in [0, 0.05) is 17.6 Å². The smallest absolute Gasteiger partial charge is 0.0839 e. The zero-order valence-electron chi connectivity index (χ0n) is 10.8. The summed E-state index contributed by atoms with van der Waals surface area (Å²) in [5.74, 6) is 0. The molecule has 0 bridgehead atoms. The molecule has 0 saturated heterocycles. The average Bonchev–Trinajstić information content (AvgIpc) is 2.37. The van der Waals surface area contributed by atoms with E-state index in [2.05, 4.69) is 40.0 Å². The molecule has 102 valence electrons. The minimum atomic E-state index is -0.403. The Hall–Kier alpha value is -0.290. The minimum Gasteiger partial charge on any atom is -0.390 e. The van der Waals surface area contributed by atoms with Crippen molar-refractivity contribution in [3.63, 3.8) is 0 Å². The molecule has 0 aromatic heterocycles. The molecular formula is C13H20BrClN2O. The first-order chi connectivity index (χ1) is 8.56. The second kappa shape index (κ2) is 8.00. The number of anilines is 1. The topological polar surface area (TPSA) is 35.5 Å². The van der Waals surface area contributed by atoms with Crippen molar-refractivity contribution < 1.29 is 5.11 Å². The third kappa shape index (κ3) is 5.14. The molecule has 3 nitrogen and oxygen atoms in total. The summed E-state index contributed by atoms with van der Waals surface area (Å²) < 4.78 is 0.965. The van der Waals surface area contributed by atoms with Crippen LogP contribution in [0.15, 0.2) is 22.7 Å². The molecule has 0 aliphatic carbocycles. The number of rotatable bonds is 7. The maximum Gasteiger partial charge on any atom is 0.0839 e. The molecule has 1 aromatic carbocycles. The molecule has 0 fully saturated rings. The van der Waals surface area contributed by atoms with Crippen molar-refractivity contribution in [2.24, 2.45) is 0 Å². The molecule has 18 heavy (non-hydrogen) atoms. The van der Waals surface area contributed by atoms with Crippen LogP contribution >= 0.6 is 27.5 Å². The van der Waals surface area contributed by atoms with E-state index >= 15 is 0 Å². The molecule has 0 aliphatic rings. The molecule has 0 saturated carbocycles. The summed E-state index contributed by atoms with van der Waals surface area (Å²) in [7, 11) is 0. The maximum atomic E-state index is 9.94. The SMILES string of the molecule is CCN(CC)CC(O)CNc1cc(Br)ccc1Cl. The first-order valence-electron chi connectivity index (χ1n) is 6.16. The third-order valence-corrected chi connectivity index (χ3v) is 3.64. The first-order valence-corrected chi connectivity index (χ1v) is 7.33. The summed E-state index contributed by atoms with van der Waals surface area (Å²) in [5, 5.41) is 13.8. The molecule has 1 unspecified atom stereocenters. The fourth-order valence-electron chi connectivity index (χ4n) is 1.71. The highest BCUT2D eigenvalue weighted by atomic mass is 79.9. The van der Waals surface area contributed by atoms with Gasteiger partial charge < -0.3 is 15.3 Å². The van der Waals surface area contributed by atoms with E-state index in [1.54, 1.807) is 0 Å². The number of hydrogen-bond donors (Lipinski definition) is 2. The van der Waals surface area contributed by atoms with Gasteiger partial charge in [-0.2, -0.15) is 0 Å².